The van der Waals surface area contributed by atoms with E-state index in [2.05, 4.69) is 25.7 Å². The summed E-state index contributed by atoms with van der Waals surface area (Å²) in [5.41, 5.74) is -1.48. The summed E-state index contributed by atoms with van der Waals surface area (Å²) in [4.78, 5) is 3.00. The van der Waals surface area contributed by atoms with E-state index >= 15 is 0 Å². The highest BCUT2D eigenvalue weighted by atomic mass is 79.9. The van der Waals surface area contributed by atoms with E-state index < -0.39 is 35.5 Å². The number of alkyl halides is 6. The highest BCUT2D eigenvalue weighted by molar-refractivity contribution is 9.08. The van der Waals surface area contributed by atoms with Gasteiger partial charge < -0.3 is 9.84 Å². The molecule has 0 saturated carbocycles. The van der Waals surface area contributed by atoms with Gasteiger partial charge in [-0.2, -0.15) is 0 Å². The lowest BCUT2D eigenvalue weighted by Gasteiger charge is -2.14. The minimum absolute atomic E-state index is 0.255. The monoisotopic (exact) mass is 321 g/mol. The number of nitrogens with zero attached hydrogens (tertiary/aromatic N) is 1. The molecule has 0 aromatic carbocycles. The van der Waals surface area contributed by atoms with Crippen LogP contribution in [-0.2, 0) is 5.33 Å². The van der Waals surface area contributed by atoms with Gasteiger partial charge >= 0.3 is 6.36 Å². The third-order valence-corrected chi connectivity index (χ3v) is 2.29. The largest absolute Gasteiger partial charge is 0.574 e. The number of pyridine rings is 1. The Morgan fingerprint density at radius 2 is 2.00 bits per heavy atom. The fourth-order valence-electron chi connectivity index (χ4n) is 1.09. The van der Waals surface area contributed by atoms with E-state index in [9.17, 15) is 27.1 Å². The molecular formula is C8H5BrF5NO2. The third kappa shape index (κ3) is 3.42. The summed E-state index contributed by atoms with van der Waals surface area (Å²) in [6, 6.07) is 0. The maximum Gasteiger partial charge on any atom is 0.574 e. The Kier molecular flexibility index (Phi) is 4.12. The van der Waals surface area contributed by atoms with Gasteiger partial charge in [0.05, 0.1) is 11.8 Å². The van der Waals surface area contributed by atoms with Crippen molar-refractivity contribution in [3.8, 4) is 11.6 Å². The molecule has 1 heterocycles. The molecule has 0 fully saturated rings. The Hall–Kier alpha value is -1.12. The molecule has 0 bridgehead atoms. The first-order valence-electron chi connectivity index (χ1n) is 4.07. The van der Waals surface area contributed by atoms with Crippen LogP contribution < -0.4 is 4.74 Å². The van der Waals surface area contributed by atoms with Crippen molar-refractivity contribution in [2.75, 3.05) is 0 Å². The van der Waals surface area contributed by atoms with Crippen molar-refractivity contribution < 1.29 is 31.8 Å². The molecule has 1 N–H and O–H groups in total. The van der Waals surface area contributed by atoms with Crippen molar-refractivity contribution >= 4 is 15.9 Å². The molecule has 96 valence electrons. The van der Waals surface area contributed by atoms with Gasteiger partial charge in [-0.1, -0.05) is 15.9 Å². The smallest absolute Gasteiger partial charge is 0.506 e. The minimum atomic E-state index is -5.13. The van der Waals surface area contributed by atoms with Crippen LogP contribution >= 0.6 is 15.9 Å². The van der Waals surface area contributed by atoms with Crippen LogP contribution in [0.1, 0.15) is 17.6 Å². The van der Waals surface area contributed by atoms with Crippen molar-refractivity contribution in [3.05, 3.63) is 17.3 Å². The number of rotatable bonds is 3. The second-order valence-electron chi connectivity index (χ2n) is 2.82. The van der Waals surface area contributed by atoms with Gasteiger partial charge in [-0.05, 0) is 0 Å². The van der Waals surface area contributed by atoms with E-state index in [1.807, 2.05) is 0 Å². The van der Waals surface area contributed by atoms with Crippen molar-refractivity contribution in [2.24, 2.45) is 0 Å². The Balaban J connectivity index is 3.30. The van der Waals surface area contributed by atoms with Gasteiger partial charge in [-0.15, -0.1) is 13.2 Å². The van der Waals surface area contributed by atoms with Crippen molar-refractivity contribution in [1.82, 2.24) is 4.98 Å². The molecule has 3 nitrogen and oxygen atoms in total. The number of hydrogen-bond acceptors (Lipinski definition) is 3. The lowest BCUT2D eigenvalue weighted by molar-refractivity contribution is -0.276. The number of aromatic hydroxyl groups is 1. The average molecular weight is 322 g/mol. The topological polar surface area (TPSA) is 42.4 Å². The van der Waals surface area contributed by atoms with E-state index in [0.717, 1.165) is 0 Å². The molecule has 0 aliphatic heterocycles. The maximum atomic E-state index is 12.6. The second-order valence-corrected chi connectivity index (χ2v) is 3.38. The van der Waals surface area contributed by atoms with E-state index in [0.29, 0.717) is 6.20 Å². The fourth-order valence-corrected chi connectivity index (χ4v) is 1.68. The normalized spacial score (nSPS) is 11.9. The molecule has 17 heavy (non-hydrogen) atoms. The van der Waals surface area contributed by atoms with Crippen LogP contribution in [0.25, 0.3) is 0 Å². The van der Waals surface area contributed by atoms with Gasteiger partial charge in [0.25, 0.3) is 6.43 Å². The Morgan fingerprint density at radius 3 is 2.41 bits per heavy atom. The lowest BCUT2D eigenvalue weighted by Crippen LogP contribution is -2.19. The maximum absolute atomic E-state index is 12.6. The molecule has 9 heteroatoms. The van der Waals surface area contributed by atoms with Crippen LogP contribution in [-0.4, -0.2) is 16.5 Å². The van der Waals surface area contributed by atoms with Gasteiger partial charge in [0.1, 0.15) is 5.75 Å². The summed E-state index contributed by atoms with van der Waals surface area (Å²) in [6.07, 6.45) is -7.76. The van der Waals surface area contributed by atoms with Crippen molar-refractivity contribution in [3.63, 3.8) is 0 Å². The fraction of sp³-hybridized carbons (Fsp3) is 0.375. The molecule has 1 aromatic rings. The van der Waals surface area contributed by atoms with Crippen LogP contribution in [0.2, 0.25) is 0 Å². The van der Waals surface area contributed by atoms with Crippen LogP contribution in [0.15, 0.2) is 6.20 Å². The molecule has 1 aromatic heterocycles. The molecule has 0 saturated heterocycles. The standard InChI is InChI=1S/C8H5BrF5NO2/c9-1-3-4(16)2-15-7(5(3)6(10)11)17-8(12,13)14/h2,6,16H,1H2. The third-order valence-electron chi connectivity index (χ3n) is 1.73. The molecule has 0 aliphatic carbocycles. The van der Waals surface area contributed by atoms with Crippen LogP contribution in [0.4, 0.5) is 22.0 Å². The quantitative estimate of drug-likeness (QED) is 0.684. The molecule has 0 spiro atoms. The first-order valence-corrected chi connectivity index (χ1v) is 5.19. The van der Waals surface area contributed by atoms with Gasteiger partial charge in [0.15, 0.2) is 0 Å². The zero-order valence-corrected chi connectivity index (χ0v) is 9.52. The Bertz CT molecular complexity index is 410. The predicted molar refractivity (Wildman–Crippen MR) is 50.2 cm³/mol. The van der Waals surface area contributed by atoms with E-state index in [1.54, 1.807) is 0 Å². The Labute approximate surface area is 100 Å². The molecule has 1 rings (SSSR count). The van der Waals surface area contributed by atoms with E-state index in [1.165, 1.54) is 0 Å². The van der Waals surface area contributed by atoms with Crippen LogP contribution in [0.3, 0.4) is 0 Å². The highest BCUT2D eigenvalue weighted by Crippen LogP contribution is 2.38. The lowest BCUT2D eigenvalue weighted by atomic mass is 10.1. The van der Waals surface area contributed by atoms with Gasteiger partial charge in [-0.25, -0.2) is 13.8 Å². The SMILES string of the molecule is Oc1cnc(OC(F)(F)F)c(C(F)F)c1CBr. The van der Waals surface area contributed by atoms with Gasteiger partial charge in [0.2, 0.25) is 5.88 Å². The number of aromatic nitrogens is 1. The first-order chi connectivity index (χ1) is 7.76. The first kappa shape index (κ1) is 13.9. The zero-order valence-electron chi connectivity index (χ0n) is 7.93. The molecule has 0 atom stereocenters. The van der Waals surface area contributed by atoms with Crippen molar-refractivity contribution in [2.45, 2.75) is 18.1 Å². The van der Waals surface area contributed by atoms with Crippen molar-refractivity contribution in [1.29, 1.82) is 0 Å². The second kappa shape index (κ2) is 5.03. The van der Waals surface area contributed by atoms with E-state index in [-0.39, 0.29) is 5.33 Å². The van der Waals surface area contributed by atoms with Crippen LogP contribution in [0, 0.1) is 0 Å². The molecule has 0 unspecified atom stereocenters. The molecular weight excluding hydrogens is 317 g/mol. The molecule has 0 amide bonds. The van der Waals surface area contributed by atoms with E-state index in [4.69, 9.17) is 0 Å². The number of halogens is 6. The summed E-state index contributed by atoms with van der Waals surface area (Å²) in [5.74, 6) is -1.90. The van der Waals surface area contributed by atoms with Gasteiger partial charge in [0, 0.05) is 10.9 Å². The minimum Gasteiger partial charge on any atom is -0.506 e. The number of ether oxygens (including phenoxy) is 1. The number of hydrogen-bond donors (Lipinski definition) is 1. The molecule has 0 aliphatic rings. The molecule has 0 radical (unpaired) electrons. The predicted octanol–water partition coefficient (Wildman–Crippen LogP) is 3.52. The summed E-state index contributed by atoms with van der Waals surface area (Å²) in [7, 11) is 0. The average Bonchev–Trinajstić information content (AvgIpc) is 2.17. The van der Waals surface area contributed by atoms with Crippen LogP contribution in [0.5, 0.6) is 11.6 Å². The van der Waals surface area contributed by atoms with Gasteiger partial charge in [-0.3, -0.25) is 0 Å². The summed E-state index contributed by atoms with van der Waals surface area (Å²) in [6.45, 7) is 0. The summed E-state index contributed by atoms with van der Waals surface area (Å²) < 4.78 is 64.4. The summed E-state index contributed by atoms with van der Waals surface area (Å²) in [5, 5.41) is 8.95. The highest BCUT2D eigenvalue weighted by Gasteiger charge is 2.35. The Morgan fingerprint density at radius 1 is 1.41 bits per heavy atom. The zero-order chi connectivity index (χ0) is 13.2. The summed E-state index contributed by atoms with van der Waals surface area (Å²) >= 11 is 2.78.